The molecule has 0 fully saturated rings. The van der Waals surface area contributed by atoms with Crippen LogP contribution in [0.4, 0.5) is 5.69 Å². The number of ether oxygens (including phenoxy) is 1. The fourth-order valence-corrected chi connectivity index (χ4v) is 2.69. The zero-order valence-corrected chi connectivity index (χ0v) is 15.3. The highest BCUT2D eigenvalue weighted by Crippen LogP contribution is 2.27. The first-order valence-electron chi connectivity index (χ1n) is 9.12. The number of hydrogen-bond acceptors (Lipinski definition) is 4. The van der Waals surface area contributed by atoms with E-state index in [2.05, 4.69) is 35.5 Å². The van der Waals surface area contributed by atoms with Crippen LogP contribution in [0.5, 0.6) is 5.75 Å². The second kappa shape index (κ2) is 10.1. The maximum Gasteiger partial charge on any atom is 0.121 e. The van der Waals surface area contributed by atoms with E-state index in [9.17, 15) is 0 Å². The average Bonchev–Trinajstić information content (AvgIpc) is 2.63. The van der Waals surface area contributed by atoms with Crippen LogP contribution in [0, 0.1) is 5.92 Å². The molecular formula is C20H31N3O. The second-order valence-electron chi connectivity index (χ2n) is 6.46. The van der Waals surface area contributed by atoms with E-state index < -0.39 is 0 Å². The highest BCUT2D eigenvalue weighted by Gasteiger charge is 2.05. The van der Waals surface area contributed by atoms with Gasteiger partial charge in [0.25, 0.3) is 0 Å². The van der Waals surface area contributed by atoms with Gasteiger partial charge in [-0.3, -0.25) is 4.98 Å². The summed E-state index contributed by atoms with van der Waals surface area (Å²) in [7, 11) is 1.70. The molecule has 0 saturated heterocycles. The zero-order valence-electron chi connectivity index (χ0n) is 15.3. The Hall–Kier alpha value is -1.81. The van der Waals surface area contributed by atoms with Crippen molar-refractivity contribution in [3.05, 3.63) is 30.5 Å². The van der Waals surface area contributed by atoms with Gasteiger partial charge in [-0.25, -0.2) is 0 Å². The molecule has 0 radical (unpaired) electrons. The summed E-state index contributed by atoms with van der Waals surface area (Å²) in [6.07, 6.45) is 6.71. The molecule has 2 N–H and O–H groups in total. The van der Waals surface area contributed by atoms with Crippen LogP contribution < -0.4 is 15.4 Å². The average molecular weight is 329 g/mol. The molecule has 0 saturated carbocycles. The maximum absolute atomic E-state index is 5.39. The lowest BCUT2D eigenvalue weighted by atomic mass is 10.1. The summed E-state index contributed by atoms with van der Waals surface area (Å²) in [5.41, 5.74) is 2.06. The number of pyridine rings is 1. The first-order chi connectivity index (χ1) is 11.7. The normalized spacial score (nSPS) is 12.3. The van der Waals surface area contributed by atoms with Crippen LogP contribution in [0.25, 0.3) is 10.9 Å². The smallest absolute Gasteiger partial charge is 0.121 e. The van der Waals surface area contributed by atoms with Crippen molar-refractivity contribution in [3.63, 3.8) is 0 Å². The third kappa shape index (κ3) is 5.68. The van der Waals surface area contributed by atoms with E-state index in [1.165, 1.54) is 19.3 Å². The standard InChI is InChI=1S/C20H31N3O/c1-4-16(2)15-21-10-6-5-7-11-22-19-14-18(24-3)13-17-9-8-12-23-20(17)19/h8-9,12-14,16,21-22H,4-7,10-11,15H2,1-3H3/t16-/m0/s1. The van der Waals surface area contributed by atoms with E-state index in [-0.39, 0.29) is 0 Å². The minimum Gasteiger partial charge on any atom is -0.497 e. The molecule has 2 rings (SSSR count). The number of hydrogen-bond donors (Lipinski definition) is 2. The van der Waals surface area contributed by atoms with E-state index in [1.54, 1.807) is 7.11 Å². The molecule has 0 spiro atoms. The van der Waals surface area contributed by atoms with Crippen LogP contribution >= 0.6 is 0 Å². The summed E-state index contributed by atoms with van der Waals surface area (Å²) >= 11 is 0. The Morgan fingerprint density at radius 2 is 2.00 bits per heavy atom. The molecule has 4 heteroatoms. The number of rotatable bonds is 11. The molecule has 0 unspecified atom stereocenters. The van der Waals surface area contributed by atoms with Crippen molar-refractivity contribution in [2.45, 2.75) is 39.5 Å². The van der Waals surface area contributed by atoms with Crippen LogP contribution in [-0.4, -0.2) is 31.7 Å². The van der Waals surface area contributed by atoms with E-state index >= 15 is 0 Å². The Kier molecular flexibility index (Phi) is 7.83. The molecule has 0 aliphatic heterocycles. The fourth-order valence-electron chi connectivity index (χ4n) is 2.69. The van der Waals surface area contributed by atoms with Crippen LogP contribution in [0.1, 0.15) is 39.5 Å². The van der Waals surface area contributed by atoms with Gasteiger partial charge in [-0.05, 0) is 44.0 Å². The van der Waals surface area contributed by atoms with Gasteiger partial charge in [-0.15, -0.1) is 0 Å². The van der Waals surface area contributed by atoms with E-state index in [4.69, 9.17) is 4.74 Å². The highest BCUT2D eigenvalue weighted by atomic mass is 16.5. The van der Waals surface area contributed by atoms with Crippen molar-refractivity contribution in [1.82, 2.24) is 10.3 Å². The summed E-state index contributed by atoms with van der Waals surface area (Å²) in [5, 5.41) is 8.16. The van der Waals surface area contributed by atoms with Gasteiger partial charge in [0.2, 0.25) is 0 Å². The number of aromatic nitrogens is 1. The number of nitrogens with one attached hydrogen (secondary N) is 2. The van der Waals surface area contributed by atoms with Gasteiger partial charge in [0, 0.05) is 24.2 Å². The van der Waals surface area contributed by atoms with Gasteiger partial charge in [-0.1, -0.05) is 32.8 Å². The number of methoxy groups -OCH3 is 1. The van der Waals surface area contributed by atoms with Crippen LogP contribution in [-0.2, 0) is 0 Å². The van der Waals surface area contributed by atoms with Gasteiger partial charge in [-0.2, -0.15) is 0 Å². The molecule has 0 aliphatic rings. The number of nitrogens with zero attached hydrogens (tertiary/aromatic N) is 1. The first kappa shape index (κ1) is 18.5. The maximum atomic E-state index is 5.39. The summed E-state index contributed by atoms with van der Waals surface area (Å²) in [4.78, 5) is 4.49. The molecule has 0 amide bonds. The lowest BCUT2D eigenvalue weighted by Crippen LogP contribution is -2.21. The molecule has 132 valence electrons. The minimum absolute atomic E-state index is 0.778. The Morgan fingerprint density at radius 3 is 2.79 bits per heavy atom. The van der Waals surface area contributed by atoms with Gasteiger partial charge in [0.05, 0.1) is 18.3 Å². The fraction of sp³-hybridized carbons (Fsp3) is 0.550. The SMILES string of the molecule is CC[C@H](C)CNCCCCCNc1cc(OC)cc2cccnc12. The summed E-state index contributed by atoms with van der Waals surface area (Å²) in [5.74, 6) is 1.65. The Morgan fingerprint density at radius 1 is 1.17 bits per heavy atom. The predicted molar refractivity (Wildman–Crippen MR) is 103 cm³/mol. The van der Waals surface area contributed by atoms with Gasteiger partial charge >= 0.3 is 0 Å². The van der Waals surface area contributed by atoms with Gasteiger partial charge in [0.1, 0.15) is 5.75 Å². The lowest BCUT2D eigenvalue weighted by molar-refractivity contribution is 0.415. The van der Waals surface area contributed by atoms with E-state index in [0.29, 0.717) is 0 Å². The van der Waals surface area contributed by atoms with Crippen molar-refractivity contribution >= 4 is 16.6 Å². The Labute approximate surface area is 146 Å². The second-order valence-corrected chi connectivity index (χ2v) is 6.46. The van der Waals surface area contributed by atoms with Crippen molar-refractivity contribution in [1.29, 1.82) is 0 Å². The third-order valence-electron chi connectivity index (χ3n) is 4.45. The molecule has 4 nitrogen and oxygen atoms in total. The molecule has 2 aromatic rings. The predicted octanol–water partition coefficient (Wildman–Crippen LogP) is 4.46. The van der Waals surface area contributed by atoms with Gasteiger partial charge < -0.3 is 15.4 Å². The van der Waals surface area contributed by atoms with Crippen LogP contribution in [0.15, 0.2) is 30.5 Å². The van der Waals surface area contributed by atoms with Gasteiger partial charge in [0.15, 0.2) is 0 Å². The minimum atomic E-state index is 0.778. The third-order valence-corrected chi connectivity index (χ3v) is 4.45. The monoisotopic (exact) mass is 329 g/mol. The van der Waals surface area contributed by atoms with Crippen molar-refractivity contribution in [3.8, 4) is 5.75 Å². The zero-order chi connectivity index (χ0) is 17.2. The molecule has 0 bridgehead atoms. The molecule has 1 aromatic carbocycles. The molecule has 1 heterocycles. The summed E-state index contributed by atoms with van der Waals surface area (Å²) in [6, 6.07) is 8.08. The number of benzene rings is 1. The first-order valence-corrected chi connectivity index (χ1v) is 9.12. The molecule has 1 atom stereocenters. The summed E-state index contributed by atoms with van der Waals surface area (Å²) < 4.78 is 5.39. The van der Waals surface area contributed by atoms with Crippen molar-refractivity contribution in [2.24, 2.45) is 5.92 Å². The highest BCUT2D eigenvalue weighted by molar-refractivity contribution is 5.91. The molecule has 1 aromatic heterocycles. The van der Waals surface area contributed by atoms with Crippen molar-refractivity contribution < 1.29 is 4.74 Å². The molecular weight excluding hydrogens is 298 g/mol. The largest absolute Gasteiger partial charge is 0.497 e. The summed E-state index contributed by atoms with van der Waals surface area (Å²) in [6.45, 7) is 7.76. The molecule has 0 aliphatic carbocycles. The number of fused-ring (bicyclic) bond motifs is 1. The topological polar surface area (TPSA) is 46.2 Å². The quantitative estimate of drug-likeness (QED) is 0.597. The van der Waals surface area contributed by atoms with E-state index in [0.717, 1.165) is 54.3 Å². The number of anilines is 1. The van der Waals surface area contributed by atoms with Crippen LogP contribution in [0.2, 0.25) is 0 Å². The molecule has 24 heavy (non-hydrogen) atoms. The Bertz CT molecular complexity index is 615. The Balaban J connectivity index is 1.73. The van der Waals surface area contributed by atoms with E-state index in [1.807, 2.05) is 24.4 Å². The lowest BCUT2D eigenvalue weighted by Gasteiger charge is -2.12. The number of unbranched alkanes of at least 4 members (excludes halogenated alkanes) is 2. The van der Waals surface area contributed by atoms with Crippen molar-refractivity contribution in [2.75, 3.05) is 32.1 Å². The van der Waals surface area contributed by atoms with Crippen LogP contribution in [0.3, 0.4) is 0 Å².